The zero-order valence-electron chi connectivity index (χ0n) is 19.2. The summed E-state index contributed by atoms with van der Waals surface area (Å²) in [6, 6.07) is 9.56. The van der Waals surface area contributed by atoms with Crippen molar-refractivity contribution < 1.29 is 0 Å². The van der Waals surface area contributed by atoms with Crippen molar-refractivity contribution in [2.45, 2.75) is 71.5 Å². The molecular weight excluding hydrogens is 501 g/mol. The average molecular weight is 540 g/mol. The predicted molar refractivity (Wildman–Crippen MR) is 139 cm³/mol. The summed E-state index contributed by atoms with van der Waals surface area (Å²) in [5.41, 5.74) is 2.53. The van der Waals surface area contributed by atoms with E-state index in [1.54, 1.807) is 6.33 Å². The Bertz CT molecular complexity index is 781. The first-order chi connectivity index (χ1) is 14.7. The van der Waals surface area contributed by atoms with Crippen LogP contribution in [0.1, 0.15) is 57.3 Å². The van der Waals surface area contributed by atoms with Crippen molar-refractivity contribution in [3.63, 3.8) is 0 Å². The van der Waals surface area contributed by atoms with Crippen LogP contribution in [0.15, 0.2) is 35.6 Å². The fraction of sp³-hybridized carbons (Fsp3) is 0.609. The second-order valence-corrected chi connectivity index (χ2v) is 7.99. The fourth-order valence-corrected chi connectivity index (χ4v) is 4.06. The number of hydrogen-bond donors (Lipinski definition) is 2. The van der Waals surface area contributed by atoms with Gasteiger partial charge in [-0.05, 0) is 37.5 Å². The molecule has 2 aromatic rings. The summed E-state index contributed by atoms with van der Waals surface area (Å²) >= 11 is 0. The van der Waals surface area contributed by atoms with Gasteiger partial charge in [0.05, 0.1) is 6.54 Å². The van der Waals surface area contributed by atoms with Crippen LogP contribution in [0, 0.1) is 0 Å². The summed E-state index contributed by atoms with van der Waals surface area (Å²) < 4.78 is 2.08. The van der Waals surface area contributed by atoms with Crippen LogP contribution >= 0.6 is 24.0 Å². The number of rotatable bonds is 9. The maximum absolute atomic E-state index is 4.75. The standard InChI is InChI=1S/C23H37N7.HI/c1-4-22-28-27-18-30(22)16-15-25-23(24-5-2)26-17-19-11-13-21(14-12-19)29(3)20-9-7-6-8-10-20;/h11-14,18,20H,4-10,15-17H2,1-3H3,(H2,24,25,26);1H. The maximum Gasteiger partial charge on any atom is 0.191 e. The van der Waals surface area contributed by atoms with E-state index in [2.05, 4.69) is 75.5 Å². The van der Waals surface area contributed by atoms with Crippen LogP contribution in [-0.2, 0) is 19.5 Å². The molecular formula is C23H38IN7. The monoisotopic (exact) mass is 539 g/mol. The predicted octanol–water partition coefficient (Wildman–Crippen LogP) is 3.98. The molecule has 1 aromatic heterocycles. The van der Waals surface area contributed by atoms with Crippen LogP contribution in [0.4, 0.5) is 5.69 Å². The largest absolute Gasteiger partial charge is 0.372 e. The Kier molecular flexibility index (Phi) is 11.1. The average Bonchev–Trinajstić information content (AvgIpc) is 3.25. The van der Waals surface area contributed by atoms with Gasteiger partial charge in [-0.1, -0.05) is 38.3 Å². The molecule has 3 rings (SSSR count). The van der Waals surface area contributed by atoms with E-state index in [0.29, 0.717) is 12.6 Å². The number of nitrogens with zero attached hydrogens (tertiary/aromatic N) is 5. The zero-order valence-corrected chi connectivity index (χ0v) is 21.5. The molecule has 172 valence electrons. The van der Waals surface area contributed by atoms with Crippen LogP contribution in [0.25, 0.3) is 0 Å². The van der Waals surface area contributed by atoms with Crippen molar-refractivity contribution in [3.05, 3.63) is 42.0 Å². The molecule has 7 nitrogen and oxygen atoms in total. The van der Waals surface area contributed by atoms with Gasteiger partial charge in [0.1, 0.15) is 12.2 Å². The molecule has 31 heavy (non-hydrogen) atoms. The lowest BCUT2D eigenvalue weighted by atomic mass is 9.94. The van der Waals surface area contributed by atoms with Gasteiger partial charge in [0.25, 0.3) is 0 Å². The lowest BCUT2D eigenvalue weighted by Gasteiger charge is -2.33. The zero-order chi connectivity index (χ0) is 21.2. The van der Waals surface area contributed by atoms with Crippen molar-refractivity contribution in [2.75, 3.05) is 25.0 Å². The number of aliphatic imine (C=N–C) groups is 1. The van der Waals surface area contributed by atoms with E-state index in [4.69, 9.17) is 4.99 Å². The molecule has 0 aliphatic heterocycles. The molecule has 1 aromatic carbocycles. The summed E-state index contributed by atoms with van der Waals surface area (Å²) in [5, 5.41) is 14.8. The highest BCUT2D eigenvalue weighted by atomic mass is 127. The van der Waals surface area contributed by atoms with Crippen molar-refractivity contribution in [3.8, 4) is 0 Å². The highest BCUT2D eigenvalue weighted by Gasteiger charge is 2.18. The lowest BCUT2D eigenvalue weighted by molar-refractivity contribution is 0.427. The minimum Gasteiger partial charge on any atom is -0.372 e. The normalized spacial score (nSPS) is 14.7. The summed E-state index contributed by atoms with van der Waals surface area (Å²) in [7, 11) is 2.23. The fourth-order valence-electron chi connectivity index (χ4n) is 4.06. The van der Waals surface area contributed by atoms with Gasteiger partial charge in [-0.3, -0.25) is 0 Å². The molecule has 8 heteroatoms. The van der Waals surface area contributed by atoms with E-state index in [0.717, 1.165) is 37.8 Å². The minimum absolute atomic E-state index is 0. The Morgan fingerprint density at radius 1 is 1.13 bits per heavy atom. The van der Waals surface area contributed by atoms with Gasteiger partial charge in [-0.15, -0.1) is 34.2 Å². The van der Waals surface area contributed by atoms with E-state index < -0.39 is 0 Å². The molecule has 1 heterocycles. The first-order valence-electron chi connectivity index (χ1n) is 11.4. The summed E-state index contributed by atoms with van der Waals surface area (Å²) in [6.07, 6.45) is 9.42. The third-order valence-corrected chi connectivity index (χ3v) is 5.89. The molecule has 0 atom stereocenters. The van der Waals surface area contributed by atoms with Gasteiger partial charge in [0.15, 0.2) is 5.96 Å². The Morgan fingerprint density at radius 3 is 2.55 bits per heavy atom. The van der Waals surface area contributed by atoms with Gasteiger partial charge < -0.3 is 20.1 Å². The molecule has 1 aliphatic rings. The van der Waals surface area contributed by atoms with Crippen LogP contribution in [0.2, 0.25) is 0 Å². The number of guanidine groups is 1. The van der Waals surface area contributed by atoms with Crippen molar-refractivity contribution in [1.82, 2.24) is 25.4 Å². The quantitative estimate of drug-likeness (QED) is 0.287. The molecule has 1 saturated carbocycles. The summed E-state index contributed by atoms with van der Waals surface area (Å²) in [4.78, 5) is 7.20. The molecule has 0 unspecified atom stereocenters. The number of benzene rings is 1. The SMILES string of the molecule is CCNC(=NCc1ccc(N(C)C2CCCCC2)cc1)NCCn1cnnc1CC.I. The highest BCUT2D eigenvalue weighted by molar-refractivity contribution is 14.0. The van der Waals surface area contributed by atoms with Gasteiger partial charge >= 0.3 is 0 Å². The molecule has 1 fully saturated rings. The smallest absolute Gasteiger partial charge is 0.191 e. The third kappa shape index (κ3) is 7.66. The van der Waals surface area contributed by atoms with E-state index >= 15 is 0 Å². The molecule has 1 aliphatic carbocycles. The van der Waals surface area contributed by atoms with Crippen LogP contribution in [0.3, 0.4) is 0 Å². The molecule has 0 radical (unpaired) electrons. The van der Waals surface area contributed by atoms with Gasteiger partial charge in [-0.25, -0.2) is 4.99 Å². The first kappa shape index (κ1) is 25.4. The number of aryl methyl sites for hydroxylation is 1. The number of nitrogens with one attached hydrogen (secondary N) is 2. The Labute approximate surface area is 204 Å². The Hall–Kier alpha value is -1.84. The lowest BCUT2D eigenvalue weighted by Crippen LogP contribution is -2.38. The minimum atomic E-state index is 0. The maximum atomic E-state index is 4.75. The first-order valence-corrected chi connectivity index (χ1v) is 11.4. The van der Waals surface area contributed by atoms with Gasteiger partial charge in [0.2, 0.25) is 0 Å². The van der Waals surface area contributed by atoms with Gasteiger partial charge in [-0.2, -0.15) is 0 Å². The number of hydrogen-bond acceptors (Lipinski definition) is 4. The summed E-state index contributed by atoms with van der Waals surface area (Å²) in [5.74, 6) is 1.85. The second kappa shape index (κ2) is 13.5. The third-order valence-electron chi connectivity index (χ3n) is 5.89. The van der Waals surface area contributed by atoms with Crippen molar-refractivity contribution >= 4 is 35.6 Å². The number of halogens is 1. The van der Waals surface area contributed by atoms with Crippen molar-refractivity contribution in [2.24, 2.45) is 4.99 Å². The highest BCUT2D eigenvalue weighted by Crippen LogP contribution is 2.26. The van der Waals surface area contributed by atoms with Crippen LogP contribution < -0.4 is 15.5 Å². The Balaban J connectivity index is 0.00000341. The molecule has 0 saturated heterocycles. The topological polar surface area (TPSA) is 70.4 Å². The van der Waals surface area contributed by atoms with Gasteiger partial charge in [0, 0.05) is 44.8 Å². The molecule has 0 amide bonds. The molecule has 0 spiro atoms. The molecule has 0 bridgehead atoms. The van der Waals surface area contributed by atoms with E-state index in [1.165, 1.54) is 43.4 Å². The van der Waals surface area contributed by atoms with Crippen LogP contribution in [-0.4, -0.2) is 46.9 Å². The summed E-state index contributed by atoms with van der Waals surface area (Å²) in [6.45, 7) is 7.28. The van der Waals surface area contributed by atoms with Crippen molar-refractivity contribution in [1.29, 1.82) is 0 Å². The van der Waals surface area contributed by atoms with E-state index in [9.17, 15) is 0 Å². The number of aromatic nitrogens is 3. The number of anilines is 1. The molecule has 2 N–H and O–H groups in total. The van der Waals surface area contributed by atoms with Crippen LogP contribution in [0.5, 0.6) is 0 Å². The Morgan fingerprint density at radius 2 is 1.87 bits per heavy atom. The van der Waals surface area contributed by atoms with E-state index in [-0.39, 0.29) is 24.0 Å². The second-order valence-electron chi connectivity index (χ2n) is 7.99. The van der Waals surface area contributed by atoms with E-state index in [1.807, 2.05) is 0 Å².